The molecule has 4 aromatic rings. The molecule has 0 N–H and O–H groups in total. The topological polar surface area (TPSA) is 73.8 Å². The Balaban J connectivity index is 1.52. The summed E-state index contributed by atoms with van der Waals surface area (Å²) < 4.78 is 20.6. The second-order valence-corrected chi connectivity index (χ2v) is 6.88. The van der Waals surface area contributed by atoms with E-state index in [0.717, 1.165) is 15.6 Å². The number of aromatic nitrogens is 4. The number of hydrogen-bond donors (Lipinski definition) is 0. The number of benzene rings is 2. The molecule has 0 fully saturated rings. The quantitative estimate of drug-likeness (QED) is 0.466. The zero-order chi connectivity index (χ0) is 19.5. The lowest BCUT2D eigenvalue weighted by atomic mass is 10.1. The van der Waals surface area contributed by atoms with Crippen molar-refractivity contribution in [3.63, 3.8) is 0 Å². The highest BCUT2D eigenvalue weighted by atomic mass is 79.9. The van der Waals surface area contributed by atoms with Crippen molar-refractivity contribution >= 4 is 15.9 Å². The predicted molar refractivity (Wildman–Crippen MR) is 105 cm³/mol. The summed E-state index contributed by atoms with van der Waals surface area (Å²) >= 11 is 3.46. The maximum absolute atomic E-state index is 13.1. The first-order chi connectivity index (χ1) is 13.6. The van der Waals surface area contributed by atoms with Crippen LogP contribution in [0.15, 0.2) is 74.5 Å². The summed E-state index contributed by atoms with van der Waals surface area (Å²) in [4.78, 5) is 16.5. The van der Waals surface area contributed by atoms with Crippen LogP contribution in [0.3, 0.4) is 0 Å². The molecule has 0 aliphatic heterocycles. The Morgan fingerprint density at radius 1 is 1.04 bits per heavy atom. The summed E-state index contributed by atoms with van der Waals surface area (Å²) in [5.74, 6) is 0.559. The number of hydrogen-bond acceptors (Lipinski definition) is 5. The van der Waals surface area contributed by atoms with Crippen LogP contribution in [0, 0.1) is 5.82 Å². The van der Waals surface area contributed by atoms with E-state index in [4.69, 9.17) is 4.52 Å². The number of halogens is 2. The maximum atomic E-state index is 13.1. The predicted octanol–water partition coefficient (Wildman–Crippen LogP) is 4.10. The lowest BCUT2D eigenvalue weighted by Gasteiger charge is -2.06. The molecule has 2 heterocycles. The minimum atomic E-state index is -0.325. The molecule has 0 aliphatic carbocycles. The second-order valence-electron chi connectivity index (χ2n) is 6.03. The molecule has 2 aromatic heterocycles. The molecule has 2 aromatic carbocycles. The van der Waals surface area contributed by atoms with Gasteiger partial charge in [0.25, 0.3) is 5.56 Å². The van der Waals surface area contributed by atoms with Crippen LogP contribution in [0.2, 0.25) is 0 Å². The summed E-state index contributed by atoms with van der Waals surface area (Å²) in [6.07, 6.45) is 0.358. The van der Waals surface area contributed by atoms with Crippen molar-refractivity contribution in [1.82, 2.24) is 19.9 Å². The standard InChI is InChI=1S/C20H14BrFN4O2/c21-16-4-2-1-3-15(16)20-23-18(28-25-20)11-12-26-19(27)10-9-17(24-26)13-5-7-14(22)8-6-13/h1-10H,11-12H2. The van der Waals surface area contributed by atoms with Crippen molar-refractivity contribution in [1.29, 1.82) is 0 Å². The van der Waals surface area contributed by atoms with Gasteiger partial charge in [0.15, 0.2) is 0 Å². The van der Waals surface area contributed by atoms with E-state index in [-0.39, 0.29) is 17.9 Å². The Hall–Kier alpha value is -3.13. The zero-order valence-electron chi connectivity index (χ0n) is 14.5. The largest absolute Gasteiger partial charge is 0.339 e. The van der Waals surface area contributed by atoms with E-state index in [9.17, 15) is 9.18 Å². The average Bonchev–Trinajstić information content (AvgIpc) is 3.17. The van der Waals surface area contributed by atoms with Crippen LogP contribution in [0.4, 0.5) is 4.39 Å². The van der Waals surface area contributed by atoms with E-state index in [1.54, 1.807) is 18.2 Å². The van der Waals surface area contributed by atoms with Gasteiger partial charge in [0, 0.05) is 28.1 Å². The fourth-order valence-electron chi connectivity index (χ4n) is 2.69. The third kappa shape index (κ3) is 3.91. The van der Waals surface area contributed by atoms with Crippen LogP contribution in [0.5, 0.6) is 0 Å². The molecule has 0 unspecified atom stereocenters. The van der Waals surface area contributed by atoms with Gasteiger partial charge in [-0.3, -0.25) is 4.79 Å². The van der Waals surface area contributed by atoms with Gasteiger partial charge in [-0.05, 0) is 42.5 Å². The summed E-state index contributed by atoms with van der Waals surface area (Å²) in [6, 6.07) is 16.6. The van der Waals surface area contributed by atoms with E-state index in [1.165, 1.54) is 22.9 Å². The minimum Gasteiger partial charge on any atom is -0.339 e. The number of nitrogens with zero attached hydrogens (tertiary/aromatic N) is 4. The summed E-state index contributed by atoms with van der Waals surface area (Å²) in [7, 11) is 0. The second kappa shape index (κ2) is 7.85. The van der Waals surface area contributed by atoms with Crippen molar-refractivity contribution in [2.45, 2.75) is 13.0 Å². The van der Waals surface area contributed by atoms with Crippen LogP contribution in [-0.4, -0.2) is 19.9 Å². The van der Waals surface area contributed by atoms with Crippen LogP contribution in [-0.2, 0) is 13.0 Å². The smallest absolute Gasteiger partial charge is 0.266 e. The normalized spacial score (nSPS) is 10.9. The molecule has 0 atom stereocenters. The first-order valence-electron chi connectivity index (χ1n) is 8.52. The maximum Gasteiger partial charge on any atom is 0.266 e. The average molecular weight is 441 g/mol. The van der Waals surface area contributed by atoms with Crippen molar-refractivity contribution in [2.24, 2.45) is 0 Å². The molecule has 0 radical (unpaired) electrons. The number of rotatable bonds is 5. The van der Waals surface area contributed by atoms with E-state index in [0.29, 0.717) is 23.8 Å². The molecular weight excluding hydrogens is 427 g/mol. The number of aryl methyl sites for hydroxylation is 2. The van der Waals surface area contributed by atoms with Gasteiger partial charge >= 0.3 is 0 Å². The van der Waals surface area contributed by atoms with Crippen LogP contribution >= 0.6 is 15.9 Å². The summed E-state index contributed by atoms with van der Waals surface area (Å²) in [5.41, 5.74) is 1.89. The Labute approximate surface area is 167 Å². The Kier molecular flexibility index (Phi) is 5.12. The molecule has 4 rings (SSSR count). The van der Waals surface area contributed by atoms with Crippen molar-refractivity contribution in [3.05, 3.63) is 87.2 Å². The lowest BCUT2D eigenvalue weighted by molar-refractivity contribution is 0.367. The molecule has 0 saturated carbocycles. The van der Waals surface area contributed by atoms with Crippen molar-refractivity contribution in [2.75, 3.05) is 0 Å². The Morgan fingerprint density at radius 2 is 1.82 bits per heavy atom. The highest BCUT2D eigenvalue weighted by molar-refractivity contribution is 9.10. The highest BCUT2D eigenvalue weighted by Crippen LogP contribution is 2.25. The monoisotopic (exact) mass is 440 g/mol. The molecule has 0 amide bonds. The van der Waals surface area contributed by atoms with Crippen molar-refractivity contribution in [3.8, 4) is 22.6 Å². The van der Waals surface area contributed by atoms with E-state index in [2.05, 4.69) is 31.2 Å². The third-order valence-electron chi connectivity index (χ3n) is 4.13. The SMILES string of the molecule is O=c1ccc(-c2ccc(F)cc2)nn1CCc1nc(-c2ccccc2Br)no1. The van der Waals surface area contributed by atoms with Gasteiger partial charge in [-0.15, -0.1) is 0 Å². The van der Waals surface area contributed by atoms with Crippen LogP contribution in [0.1, 0.15) is 5.89 Å². The van der Waals surface area contributed by atoms with Gasteiger partial charge < -0.3 is 4.52 Å². The molecule has 140 valence electrons. The molecular formula is C20H14BrFN4O2. The molecule has 28 heavy (non-hydrogen) atoms. The van der Waals surface area contributed by atoms with E-state index < -0.39 is 0 Å². The Morgan fingerprint density at radius 3 is 2.61 bits per heavy atom. The molecule has 6 nitrogen and oxygen atoms in total. The van der Waals surface area contributed by atoms with E-state index in [1.807, 2.05) is 24.3 Å². The van der Waals surface area contributed by atoms with Gasteiger partial charge in [0.2, 0.25) is 11.7 Å². The molecule has 0 saturated heterocycles. The fourth-order valence-corrected chi connectivity index (χ4v) is 3.16. The van der Waals surface area contributed by atoms with Crippen LogP contribution in [0.25, 0.3) is 22.6 Å². The molecule has 0 bridgehead atoms. The Bertz CT molecular complexity index is 1170. The molecule has 0 aliphatic rings. The first kappa shape index (κ1) is 18.2. The fraction of sp³-hybridized carbons (Fsp3) is 0.100. The van der Waals surface area contributed by atoms with Gasteiger partial charge in [-0.1, -0.05) is 33.2 Å². The highest BCUT2D eigenvalue weighted by Gasteiger charge is 2.12. The van der Waals surface area contributed by atoms with E-state index >= 15 is 0 Å². The first-order valence-corrected chi connectivity index (χ1v) is 9.31. The van der Waals surface area contributed by atoms with Gasteiger partial charge in [0.1, 0.15) is 5.82 Å². The molecule has 8 heteroatoms. The van der Waals surface area contributed by atoms with Gasteiger partial charge in [-0.25, -0.2) is 9.07 Å². The van der Waals surface area contributed by atoms with Crippen LogP contribution < -0.4 is 5.56 Å². The summed E-state index contributed by atoms with van der Waals surface area (Å²) in [6.45, 7) is 0.283. The molecule has 0 spiro atoms. The zero-order valence-corrected chi connectivity index (χ0v) is 16.1. The third-order valence-corrected chi connectivity index (χ3v) is 4.82. The lowest BCUT2D eigenvalue weighted by Crippen LogP contribution is -2.23. The minimum absolute atomic E-state index is 0.239. The van der Waals surface area contributed by atoms with Gasteiger partial charge in [0.05, 0.1) is 12.2 Å². The van der Waals surface area contributed by atoms with Gasteiger partial charge in [-0.2, -0.15) is 10.1 Å². The summed E-state index contributed by atoms with van der Waals surface area (Å²) in [5, 5.41) is 8.35. The van der Waals surface area contributed by atoms with Crippen molar-refractivity contribution < 1.29 is 8.91 Å².